The van der Waals surface area contributed by atoms with E-state index in [0.717, 1.165) is 16.5 Å². The van der Waals surface area contributed by atoms with Crippen molar-refractivity contribution in [1.29, 1.82) is 0 Å². The molecule has 0 aliphatic heterocycles. The van der Waals surface area contributed by atoms with Gasteiger partial charge < -0.3 is 10.6 Å². The van der Waals surface area contributed by atoms with Crippen LogP contribution >= 0.6 is 0 Å². The largest absolute Gasteiger partial charge is 0.322 e. The summed E-state index contributed by atoms with van der Waals surface area (Å²) in [6, 6.07) is 29.7. The predicted octanol–water partition coefficient (Wildman–Crippen LogP) is 5.80. The summed E-state index contributed by atoms with van der Waals surface area (Å²) in [4.78, 5) is 34.0. The first-order chi connectivity index (χ1) is 16.7. The Kier molecular flexibility index (Phi) is 5.78. The molecule has 2 heterocycles. The average Bonchev–Trinajstić information content (AvgIpc) is 2.89. The second kappa shape index (κ2) is 9.34. The minimum atomic E-state index is -0.232. The normalized spacial score (nSPS) is 10.6. The number of fused-ring (bicyclic) bond motifs is 1. The van der Waals surface area contributed by atoms with Gasteiger partial charge in [-0.3, -0.25) is 19.6 Å². The quantitative estimate of drug-likeness (QED) is 0.359. The van der Waals surface area contributed by atoms with Gasteiger partial charge in [0.15, 0.2) is 0 Å². The monoisotopic (exact) mass is 444 g/mol. The lowest BCUT2D eigenvalue weighted by atomic mass is 10.0. The second-order valence-corrected chi connectivity index (χ2v) is 7.67. The molecular weight excluding hydrogens is 424 g/mol. The van der Waals surface area contributed by atoms with Crippen LogP contribution in [-0.2, 0) is 0 Å². The zero-order valence-electron chi connectivity index (χ0n) is 18.1. The fraction of sp³-hybridized carbons (Fsp3) is 0. The molecule has 5 rings (SSSR count). The van der Waals surface area contributed by atoms with E-state index in [1.165, 1.54) is 6.20 Å². The zero-order chi connectivity index (χ0) is 23.3. The summed E-state index contributed by atoms with van der Waals surface area (Å²) in [6.07, 6.45) is 3.11. The Morgan fingerprint density at radius 2 is 1.24 bits per heavy atom. The Balaban J connectivity index is 1.27. The van der Waals surface area contributed by atoms with Gasteiger partial charge in [0.2, 0.25) is 0 Å². The molecule has 34 heavy (non-hydrogen) atoms. The first kappa shape index (κ1) is 21.0. The molecule has 0 spiro atoms. The summed E-state index contributed by atoms with van der Waals surface area (Å²) in [7, 11) is 0. The lowest BCUT2D eigenvalue weighted by Crippen LogP contribution is -2.12. The van der Waals surface area contributed by atoms with Crippen molar-refractivity contribution in [3.8, 4) is 11.4 Å². The van der Waals surface area contributed by atoms with Crippen molar-refractivity contribution in [2.24, 2.45) is 0 Å². The molecule has 6 nitrogen and oxygen atoms in total. The number of hydrogen-bond donors (Lipinski definition) is 2. The molecule has 0 atom stereocenters. The number of nitrogens with one attached hydrogen (secondary N) is 2. The average molecular weight is 444 g/mol. The van der Waals surface area contributed by atoms with E-state index in [4.69, 9.17) is 0 Å². The van der Waals surface area contributed by atoms with Crippen molar-refractivity contribution in [1.82, 2.24) is 9.97 Å². The molecule has 0 aliphatic carbocycles. The number of pyridine rings is 2. The standard InChI is InChI=1S/C28H20N4O2/c33-27(31-21-9-2-1-3-10-21)20-13-15-25(29-17-20)26-16-14-22(18-30-26)32-28(34)24-12-6-8-19-7-4-5-11-23(19)24/h1-18H,(H,31,33)(H,32,34). The molecule has 2 amide bonds. The molecule has 2 aromatic heterocycles. The Morgan fingerprint density at radius 3 is 1.97 bits per heavy atom. The number of amides is 2. The maximum absolute atomic E-state index is 12.8. The molecule has 164 valence electrons. The van der Waals surface area contributed by atoms with E-state index in [-0.39, 0.29) is 11.8 Å². The van der Waals surface area contributed by atoms with E-state index >= 15 is 0 Å². The molecule has 0 unspecified atom stereocenters. The Hall–Kier alpha value is -4.84. The number of nitrogens with zero attached hydrogens (tertiary/aromatic N) is 2. The molecule has 0 aliphatic rings. The van der Waals surface area contributed by atoms with Crippen LogP contribution in [0.1, 0.15) is 20.7 Å². The summed E-state index contributed by atoms with van der Waals surface area (Å²) < 4.78 is 0. The van der Waals surface area contributed by atoms with E-state index in [2.05, 4.69) is 20.6 Å². The van der Waals surface area contributed by atoms with Crippen molar-refractivity contribution in [3.63, 3.8) is 0 Å². The lowest BCUT2D eigenvalue weighted by Gasteiger charge is -2.09. The maximum Gasteiger partial charge on any atom is 0.257 e. The molecule has 0 fully saturated rings. The number of carbonyl (C=O) groups excluding carboxylic acids is 2. The van der Waals surface area contributed by atoms with Gasteiger partial charge in [-0.05, 0) is 53.2 Å². The van der Waals surface area contributed by atoms with Crippen molar-refractivity contribution in [3.05, 3.63) is 121 Å². The number of aromatic nitrogens is 2. The van der Waals surface area contributed by atoms with Gasteiger partial charge in [-0.25, -0.2) is 0 Å². The lowest BCUT2D eigenvalue weighted by molar-refractivity contribution is 0.101. The summed E-state index contributed by atoms with van der Waals surface area (Å²) in [5.74, 6) is -0.428. The number of rotatable bonds is 5. The Bertz CT molecular complexity index is 1460. The van der Waals surface area contributed by atoms with Crippen molar-refractivity contribution in [2.45, 2.75) is 0 Å². The third kappa shape index (κ3) is 4.52. The smallest absolute Gasteiger partial charge is 0.257 e. The molecule has 2 N–H and O–H groups in total. The highest BCUT2D eigenvalue weighted by Crippen LogP contribution is 2.21. The third-order valence-electron chi connectivity index (χ3n) is 5.38. The van der Waals surface area contributed by atoms with Gasteiger partial charge >= 0.3 is 0 Å². The molecule has 5 aromatic rings. The van der Waals surface area contributed by atoms with E-state index < -0.39 is 0 Å². The van der Waals surface area contributed by atoms with Gasteiger partial charge in [-0.2, -0.15) is 0 Å². The molecule has 6 heteroatoms. The van der Waals surface area contributed by atoms with Gasteiger partial charge in [0.05, 0.1) is 28.8 Å². The Morgan fingerprint density at radius 1 is 0.559 bits per heavy atom. The van der Waals surface area contributed by atoms with Crippen LogP contribution in [0, 0.1) is 0 Å². The Labute approximate surface area is 196 Å². The van der Waals surface area contributed by atoms with Gasteiger partial charge in [0, 0.05) is 17.4 Å². The van der Waals surface area contributed by atoms with Gasteiger partial charge in [-0.15, -0.1) is 0 Å². The van der Waals surface area contributed by atoms with E-state index in [0.29, 0.717) is 28.2 Å². The minimum Gasteiger partial charge on any atom is -0.322 e. The molecule has 3 aromatic carbocycles. The number of anilines is 2. The van der Waals surface area contributed by atoms with Crippen LogP contribution in [0.25, 0.3) is 22.2 Å². The minimum absolute atomic E-state index is 0.196. The van der Waals surface area contributed by atoms with Gasteiger partial charge in [-0.1, -0.05) is 54.6 Å². The van der Waals surface area contributed by atoms with Gasteiger partial charge in [0.1, 0.15) is 0 Å². The van der Waals surface area contributed by atoms with Crippen molar-refractivity contribution >= 4 is 34.0 Å². The highest BCUT2D eigenvalue weighted by Gasteiger charge is 2.11. The number of para-hydroxylation sites is 1. The molecule has 0 saturated heterocycles. The van der Waals surface area contributed by atoms with Crippen LogP contribution < -0.4 is 10.6 Å². The highest BCUT2D eigenvalue weighted by molar-refractivity contribution is 6.12. The van der Waals surface area contributed by atoms with E-state index in [9.17, 15) is 9.59 Å². The molecule has 0 radical (unpaired) electrons. The third-order valence-corrected chi connectivity index (χ3v) is 5.38. The fourth-order valence-corrected chi connectivity index (χ4v) is 3.65. The SMILES string of the molecule is O=C(Nc1ccccc1)c1ccc(-c2ccc(NC(=O)c3cccc4ccccc34)cn2)nc1. The summed E-state index contributed by atoms with van der Waals surface area (Å²) in [6.45, 7) is 0. The van der Waals surface area contributed by atoms with Crippen LogP contribution in [0.5, 0.6) is 0 Å². The van der Waals surface area contributed by atoms with E-state index in [1.807, 2.05) is 66.7 Å². The van der Waals surface area contributed by atoms with Crippen LogP contribution in [0.3, 0.4) is 0 Å². The van der Waals surface area contributed by atoms with Crippen LogP contribution in [0.2, 0.25) is 0 Å². The van der Waals surface area contributed by atoms with Crippen molar-refractivity contribution in [2.75, 3.05) is 10.6 Å². The summed E-state index contributed by atoms with van der Waals surface area (Å²) >= 11 is 0. The zero-order valence-corrected chi connectivity index (χ0v) is 18.1. The number of carbonyl (C=O) groups is 2. The van der Waals surface area contributed by atoms with Crippen LogP contribution in [-0.4, -0.2) is 21.8 Å². The predicted molar refractivity (Wildman–Crippen MR) is 134 cm³/mol. The van der Waals surface area contributed by atoms with Crippen LogP contribution in [0.15, 0.2) is 109 Å². The number of hydrogen-bond acceptors (Lipinski definition) is 4. The second-order valence-electron chi connectivity index (χ2n) is 7.67. The van der Waals surface area contributed by atoms with Gasteiger partial charge in [0.25, 0.3) is 11.8 Å². The first-order valence-electron chi connectivity index (χ1n) is 10.8. The molecule has 0 saturated carbocycles. The molecule has 0 bridgehead atoms. The fourth-order valence-electron chi connectivity index (χ4n) is 3.65. The van der Waals surface area contributed by atoms with Crippen molar-refractivity contribution < 1.29 is 9.59 Å². The summed E-state index contributed by atoms with van der Waals surface area (Å²) in [5, 5.41) is 7.64. The summed E-state index contributed by atoms with van der Waals surface area (Å²) in [5.41, 5.74) is 3.63. The van der Waals surface area contributed by atoms with Crippen LogP contribution in [0.4, 0.5) is 11.4 Å². The van der Waals surface area contributed by atoms with E-state index in [1.54, 1.807) is 36.5 Å². The maximum atomic E-state index is 12.8. The topological polar surface area (TPSA) is 84.0 Å². The molecular formula is C28H20N4O2. The highest BCUT2D eigenvalue weighted by atomic mass is 16.2. The number of benzene rings is 3. The first-order valence-corrected chi connectivity index (χ1v) is 10.8.